The number of hydrogen-bond donors (Lipinski definition) is 2. The van der Waals surface area contributed by atoms with Gasteiger partial charge in [0.2, 0.25) is 0 Å². The summed E-state index contributed by atoms with van der Waals surface area (Å²) < 4.78 is 0. The molecule has 18 heavy (non-hydrogen) atoms. The number of thioether (sulfide) groups is 1. The van der Waals surface area contributed by atoms with Crippen molar-refractivity contribution in [1.29, 1.82) is 0 Å². The molecular formula is C12H13NO4S. The van der Waals surface area contributed by atoms with Crippen LogP contribution in [0.2, 0.25) is 0 Å². The van der Waals surface area contributed by atoms with E-state index in [1.54, 1.807) is 19.1 Å². The zero-order valence-corrected chi connectivity index (χ0v) is 10.6. The number of aliphatic carboxylic acids is 1. The van der Waals surface area contributed by atoms with Gasteiger partial charge in [-0.15, -0.1) is 11.8 Å². The molecule has 0 saturated carbocycles. The van der Waals surface area contributed by atoms with Crippen molar-refractivity contribution in [3.8, 4) is 5.75 Å². The van der Waals surface area contributed by atoms with Gasteiger partial charge in [-0.3, -0.25) is 4.79 Å². The van der Waals surface area contributed by atoms with Gasteiger partial charge in [-0.25, -0.2) is 4.79 Å². The Bertz CT molecular complexity index is 503. The number of aromatic hydroxyl groups is 1. The molecule has 1 fully saturated rings. The Hall–Kier alpha value is -1.69. The Morgan fingerprint density at radius 2 is 2.17 bits per heavy atom. The van der Waals surface area contributed by atoms with Crippen molar-refractivity contribution < 1.29 is 19.8 Å². The Morgan fingerprint density at radius 1 is 1.44 bits per heavy atom. The lowest BCUT2D eigenvalue weighted by Gasteiger charge is -2.21. The van der Waals surface area contributed by atoms with Crippen LogP contribution in [0.25, 0.3) is 0 Å². The quantitative estimate of drug-likeness (QED) is 0.844. The van der Waals surface area contributed by atoms with Crippen molar-refractivity contribution in [2.75, 3.05) is 11.6 Å². The van der Waals surface area contributed by atoms with Crippen LogP contribution in [0.4, 0.5) is 0 Å². The van der Waals surface area contributed by atoms with E-state index in [1.165, 1.54) is 22.7 Å². The SMILES string of the molecule is Cc1c(O)cccc1C(=O)N1CSCC1C(=O)O. The van der Waals surface area contributed by atoms with Gasteiger partial charge in [0.15, 0.2) is 0 Å². The van der Waals surface area contributed by atoms with Crippen molar-refractivity contribution >= 4 is 23.6 Å². The van der Waals surface area contributed by atoms with E-state index in [9.17, 15) is 14.7 Å². The van der Waals surface area contributed by atoms with E-state index in [0.29, 0.717) is 22.8 Å². The average Bonchev–Trinajstić information content (AvgIpc) is 2.81. The van der Waals surface area contributed by atoms with Crippen molar-refractivity contribution in [1.82, 2.24) is 4.90 Å². The molecule has 0 aromatic heterocycles. The Kier molecular flexibility index (Phi) is 3.47. The lowest BCUT2D eigenvalue weighted by Crippen LogP contribution is -2.41. The van der Waals surface area contributed by atoms with Gasteiger partial charge in [0.25, 0.3) is 5.91 Å². The van der Waals surface area contributed by atoms with E-state index in [1.807, 2.05) is 0 Å². The molecule has 96 valence electrons. The van der Waals surface area contributed by atoms with Crippen molar-refractivity contribution in [2.24, 2.45) is 0 Å². The van der Waals surface area contributed by atoms with Gasteiger partial charge in [0.05, 0.1) is 5.88 Å². The molecular weight excluding hydrogens is 254 g/mol. The molecule has 2 N–H and O–H groups in total. The summed E-state index contributed by atoms with van der Waals surface area (Å²) in [6, 6.07) is 3.89. The topological polar surface area (TPSA) is 77.8 Å². The fourth-order valence-electron chi connectivity index (χ4n) is 1.86. The minimum Gasteiger partial charge on any atom is -0.508 e. The summed E-state index contributed by atoms with van der Waals surface area (Å²) in [5.74, 6) is -0.532. The van der Waals surface area contributed by atoms with Crippen LogP contribution in [0.15, 0.2) is 18.2 Å². The van der Waals surface area contributed by atoms with E-state index in [-0.39, 0.29) is 11.7 Å². The van der Waals surface area contributed by atoms with E-state index >= 15 is 0 Å². The monoisotopic (exact) mass is 267 g/mol. The van der Waals surface area contributed by atoms with E-state index in [0.717, 1.165) is 0 Å². The first-order valence-corrected chi connectivity index (χ1v) is 6.58. The number of hydrogen-bond acceptors (Lipinski definition) is 4. The maximum atomic E-state index is 12.3. The largest absolute Gasteiger partial charge is 0.508 e. The fourth-order valence-corrected chi connectivity index (χ4v) is 3.00. The third kappa shape index (κ3) is 2.15. The molecule has 2 rings (SSSR count). The number of nitrogens with zero attached hydrogens (tertiary/aromatic N) is 1. The highest BCUT2D eigenvalue weighted by Gasteiger charge is 2.35. The molecule has 0 aliphatic carbocycles. The van der Waals surface area contributed by atoms with Crippen LogP contribution in [0.5, 0.6) is 5.75 Å². The molecule has 0 bridgehead atoms. The molecule has 5 nitrogen and oxygen atoms in total. The summed E-state index contributed by atoms with van der Waals surface area (Å²) in [5.41, 5.74) is 0.826. The Labute approximate surface area is 108 Å². The van der Waals surface area contributed by atoms with Crippen molar-refractivity contribution in [3.05, 3.63) is 29.3 Å². The number of phenols is 1. The molecule has 1 aliphatic heterocycles. The van der Waals surface area contributed by atoms with Crippen molar-refractivity contribution in [2.45, 2.75) is 13.0 Å². The Balaban J connectivity index is 2.31. The molecule has 1 aliphatic rings. The maximum Gasteiger partial charge on any atom is 0.327 e. The van der Waals surface area contributed by atoms with Gasteiger partial charge in [-0.2, -0.15) is 0 Å². The molecule has 1 amide bonds. The lowest BCUT2D eigenvalue weighted by atomic mass is 10.1. The average molecular weight is 267 g/mol. The first-order valence-electron chi connectivity index (χ1n) is 5.42. The van der Waals surface area contributed by atoms with Gasteiger partial charge < -0.3 is 15.1 Å². The van der Waals surface area contributed by atoms with Gasteiger partial charge in [0.1, 0.15) is 11.8 Å². The van der Waals surface area contributed by atoms with Gasteiger partial charge >= 0.3 is 5.97 Å². The summed E-state index contributed by atoms with van der Waals surface area (Å²) in [6.07, 6.45) is 0. The van der Waals surface area contributed by atoms with Crippen LogP contribution in [-0.4, -0.2) is 44.7 Å². The highest BCUT2D eigenvalue weighted by molar-refractivity contribution is 7.99. The standard InChI is InChI=1S/C12H13NO4S/c1-7-8(3-2-4-10(7)14)11(15)13-6-18-5-9(13)12(16)17/h2-4,9,14H,5-6H2,1H3,(H,16,17). The first-order chi connectivity index (χ1) is 8.52. The highest BCUT2D eigenvalue weighted by atomic mass is 32.2. The molecule has 1 heterocycles. The Morgan fingerprint density at radius 3 is 2.83 bits per heavy atom. The number of phenolic OH excluding ortho intramolecular Hbond substituents is 1. The number of carboxylic acids is 1. The summed E-state index contributed by atoms with van der Waals surface area (Å²) in [6.45, 7) is 1.64. The second kappa shape index (κ2) is 4.89. The van der Waals surface area contributed by atoms with E-state index < -0.39 is 12.0 Å². The van der Waals surface area contributed by atoms with Crippen LogP contribution < -0.4 is 0 Å². The number of benzene rings is 1. The zero-order valence-electron chi connectivity index (χ0n) is 9.79. The van der Waals surface area contributed by atoms with Crippen LogP contribution in [0.1, 0.15) is 15.9 Å². The summed E-state index contributed by atoms with van der Waals surface area (Å²) >= 11 is 1.41. The predicted octanol–water partition coefficient (Wildman–Crippen LogP) is 1.30. The molecule has 1 atom stereocenters. The zero-order chi connectivity index (χ0) is 13.3. The second-order valence-electron chi connectivity index (χ2n) is 4.08. The highest BCUT2D eigenvalue weighted by Crippen LogP contribution is 2.26. The van der Waals surface area contributed by atoms with Gasteiger partial charge in [0, 0.05) is 16.9 Å². The van der Waals surface area contributed by atoms with E-state index in [2.05, 4.69) is 0 Å². The third-order valence-corrected chi connectivity index (χ3v) is 3.98. The number of rotatable bonds is 2. The fraction of sp³-hybridized carbons (Fsp3) is 0.333. The number of amides is 1. The van der Waals surface area contributed by atoms with Gasteiger partial charge in [-0.1, -0.05) is 6.07 Å². The summed E-state index contributed by atoms with van der Waals surface area (Å²) in [5, 5.41) is 18.6. The smallest absolute Gasteiger partial charge is 0.327 e. The number of carbonyl (C=O) groups excluding carboxylic acids is 1. The lowest BCUT2D eigenvalue weighted by molar-refractivity contribution is -0.140. The van der Waals surface area contributed by atoms with Crippen molar-refractivity contribution in [3.63, 3.8) is 0 Å². The minimum absolute atomic E-state index is 0.0413. The normalized spacial score (nSPS) is 18.9. The van der Waals surface area contributed by atoms with E-state index in [4.69, 9.17) is 5.11 Å². The number of carboxylic acid groups (broad SMARTS) is 1. The molecule has 0 spiro atoms. The van der Waals surface area contributed by atoms with Gasteiger partial charge in [-0.05, 0) is 19.1 Å². The molecule has 1 unspecified atom stereocenters. The molecule has 1 aromatic rings. The first kappa shape index (κ1) is 12.8. The minimum atomic E-state index is -0.994. The number of carbonyl (C=O) groups is 2. The summed E-state index contributed by atoms with van der Waals surface area (Å²) in [4.78, 5) is 24.6. The molecule has 0 radical (unpaired) electrons. The summed E-state index contributed by atoms with van der Waals surface area (Å²) in [7, 11) is 0. The second-order valence-corrected chi connectivity index (χ2v) is 5.08. The van der Waals surface area contributed by atoms with Crippen LogP contribution >= 0.6 is 11.8 Å². The van der Waals surface area contributed by atoms with Crippen LogP contribution in [0.3, 0.4) is 0 Å². The van der Waals surface area contributed by atoms with Crippen LogP contribution in [-0.2, 0) is 4.79 Å². The third-order valence-electron chi connectivity index (χ3n) is 2.96. The molecule has 1 saturated heterocycles. The molecule has 1 aromatic carbocycles. The molecule has 6 heteroatoms. The van der Waals surface area contributed by atoms with Crippen LogP contribution in [0, 0.1) is 6.92 Å². The predicted molar refractivity (Wildman–Crippen MR) is 67.8 cm³/mol. The maximum absolute atomic E-state index is 12.3.